The van der Waals surface area contributed by atoms with E-state index < -0.39 is 0 Å². The Morgan fingerprint density at radius 1 is 0.875 bits per heavy atom. The zero-order chi connectivity index (χ0) is 22.3. The highest BCUT2D eigenvalue weighted by molar-refractivity contribution is 5.94. The molecule has 3 N–H and O–H groups in total. The van der Waals surface area contributed by atoms with Crippen LogP contribution in [0.3, 0.4) is 0 Å². The number of hydrogen-bond acceptors (Lipinski definition) is 6. The number of nitrogens with one attached hydrogen (secondary N) is 3. The van der Waals surface area contributed by atoms with Crippen LogP contribution in [-0.4, -0.2) is 55.6 Å². The fourth-order valence-electron chi connectivity index (χ4n) is 3.82. The molecule has 0 saturated carbocycles. The predicted octanol–water partition coefficient (Wildman–Crippen LogP) is 4.07. The van der Waals surface area contributed by atoms with Crippen molar-refractivity contribution in [3.8, 4) is 0 Å². The van der Waals surface area contributed by atoms with E-state index in [4.69, 9.17) is 0 Å². The Kier molecular flexibility index (Phi) is 6.87. The standard InChI is InChI=1S/C25H30N6O/c1-3-30-14-16-31(17-15-30)23-10-8-21(9-11-23)29-24-18-22(12-13-27-24)28-20-6-4-19(5-7-20)25(32)26-2/h4-13,18H,3,14-17H2,1-2H3,(H,26,32)(H2,27,28,29). The minimum absolute atomic E-state index is 0.0961. The normalized spacial score (nSPS) is 14.1. The number of aromatic nitrogens is 1. The fourth-order valence-corrected chi connectivity index (χ4v) is 3.82. The van der Waals surface area contributed by atoms with Crippen molar-refractivity contribution in [3.05, 3.63) is 72.4 Å². The molecule has 1 aromatic heterocycles. The second kappa shape index (κ2) is 10.2. The largest absolute Gasteiger partial charge is 0.369 e. The predicted molar refractivity (Wildman–Crippen MR) is 131 cm³/mol. The molecule has 0 spiro atoms. The molecule has 7 heteroatoms. The lowest BCUT2D eigenvalue weighted by Gasteiger charge is -2.35. The van der Waals surface area contributed by atoms with Gasteiger partial charge in [0.1, 0.15) is 5.82 Å². The number of carbonyl (C=O) groups excluding carboxylic acids is 1. The third-order valence-corrected chi connectivity index (χ3v) is 5.75. The summed E-state index contributed by atoms with van der Waals surface area (Å²) >= 11 is 0. The van der Waals surface area contributed by atoms with Crippen molar-refractivity contribution in [1.82, 2.24) is 15.2 Å². The maximum absolute atomic E-state index is 11.7. The lowest BCUT2D eigenvalue weighted by molar-refractivity contribution is 0.0963. The van der Waals surface area contributed by atoms with Crippen molar-refractivity contribution in [2.45, 2.75) is 6.92 Å². The van der Waals surface area contributed by atoms with Gasteiger partial charge in [-0.2, -0.15) is 0 Å². The van der Waals surface area contributed by atoms with Crippen molar-refractivity contribution >= 4 is 34.5 Å². The molecule has 0 unspecified atom stereocenters. The minimum Gasteiger partial charge on any atom is -0.369 e. The van der Waals surface area contributed by atoms with Gasteiger partial charge < -0.3 is 25.8 Å². The molecule has 32 heavy (non-hydrogen) atoms. The zero-order valence-corrected chi connectivity index (χ0v) is 18.6. The molecule has 0 aliphatic carbocycles. The molecule has 1 aliphatic heterocycles. The van der Waals surface area contributed by atoms with Crippen LogP contribution in [0.15, 0.2) is 66.9 Å². The lowest BCUT2D eigenvalue weighted by atomic mass is 10.2. The molecule has 1 fully saturated rings. The van der Waals surface area contributed by atoms with E-state index in [9.17, 15) is 4.79 Å². The first-order valence-corrected chi connectivity index (χ1v) is 11.0. The summed E-state index contributed by atoms with van der Waals surface area (Å²) in [4.78, 5) is 21.0. The first-order valence-electron chi connectivity index (χ1n) is 11.0. The fraction of sp³-hybridized carbons (Fsp3) is 0.280. The molecule has 2 heterocycles. The van der Waals surface area contributed by atoms with E-state index in [1.54, 1.807) is 25.4 Å². The van der Waals surface area contributed by atoms with Crippen LogP contribution in [0.5, 0.6) is 0 Å². The Bertz CT molecular complexity index is 1030. The van der Waals surface area contributed by atoms with E-state index >= 15 is 0 Å². The van der Waals surface area contributed by atoms with Crippen molar-refractivity contribution < 1.29 is 4.79 Å². The number of amides is 1. The van der Waals surface area contributed by atoms with E-state index in [2.05, 4.69) is 61.9 Å². The number of anilines is 5. The maximum atomic E-state index is 11.7. The van der Waals surface area contributed by atoms with Gasteiger partial charge in [0, 0.05) is 73.8 Å². The van der Waals surface area contributed by atoms with E-state index in [1.165, 1.54) is 5.69 Å². The van der Waals surface area contributed by atoms with E-state index in [1.807, 2.05) is 24.3 Å². The third-order valence-electron chi connectivity index (χ3n) is 5.75. The third kappa shape index (κ3) is 5.36. The molecule has 2 aromatic carbocycles. The number of benzene rings is 2. The Morgan fingerprint density at radius 2 is 1.53 bits per heavy atom. The Balaban J connectivity index is 1.37. The summed E-state index contributed by atoms with van der Waals surface area (Å²) in [7, 11) is 1.63. The molecule has 0 radical (unpaired) electrons. The van der Waals surface area contributed by atoms with Crippen LogP contribution >= 0.6 is 0 Å². The van der Waals surface area contributed by atoms with Crippen LogP contribution in [0.1, 0.15) is 17.3 Å². The number of nitrogens with zero attached hydrogens (tertiary/aromatic N) is 3. The topological polar surface area (TPSA) is 72.5 Å². The Morgan fingerprint density at radius 3 is 2.19 bits per heavy atom. The van der Waals surface area contributed by atoms with Crippen molar-refractivity contribution in [2.75, 3.05) is 55.3 Å². The highest BCUT2D eigenvalue weighted by Crippen LogP contribution is 2.24. The number of piperazine rings is 1. The minimum atomic E-state index is -0.0961. The van der Waals surface area contributed by atoms with Gasteiger partial charge >= 0.3 is 0 Å². The van der Waals surface area contributed by atoms with Gasteiger partial charge in [-0.15, -0.1) is 0 Å². The summed E-state index contributed by atoms with van der Waals surface area (Å²) in [6.45, 7) is 7.72. The van der Waals surface area contributed by atoms with Gasteiger partial charge in [-0.1, -0.05) is 6.92 Å². The van der Waals surface area contributed by atoms with Gasteiger partial charge in [0.2, 0.25) is 0 Å². The number of rotatable bonds is 7. The average Bonchev–Trinajstić information content (AvgIpc) is 2.85. The monoisotopic (exact) mass is 430 g/mol. The molecule has 3 aromatic rings. The molecular formula is C25H30N6O. The smallest absolute Gasteiger partial charge is 0.251 e. The van der Waals surface area contributed by atoms with Crippen LogP contribution in [0, 0.1) is 0 Å². The number of hydrogen-bond donors (Lipinski definition) is 3. The van der Waals surface area contributed by atoms with E-state index in [0.29, 0.717) is 5.56 Å². The second-order valence-corrected chi connectivity index (χ2v) is 7.80. The Labute approximate surface area is 189 Å². The first-order chi connectivity index (χ1) is 15.6. The summed E-state index contributed by atoms with van der Waals surface area (Å²) < 4.78 is 0. The summed E-state index contributed by atoms with van der Waals surface area (Å²) in [5.41, 5.74) is 4.71. The van der Waals surface area contributed by atoms with Crippen LogP contribution in [0.4, 0.5) is 28.6 Å². The Hall–Kier alpha value is -3.58. The molecule has 0 atom stereocenters. The van der Waals surface area contributed by atoms with Gasteiger partial charge in [-0.05, 0) is 61.1 Å². The van der Waals surface area contributed by atoms with Gasteiger partial charge in [-0.3, -0.25) is 4.79 Å². The van der Waals surface area contributed by atoms with Crippen molar-refractivity contribution in [1.29, 1.82) is 0 Å². The highest BCUT2D eigenvalue weighted by atomic mass is 16.1. The van der Waals surface area contributed by atoms with Crippen molar-refractivity contribution in [2.24, 2.45) is 0 Å². The van der Waals surface area contributed by atoms with Crippen LogP contribution in [0.25, 0.3) is 0 Å². The molecule has 166 valence electrons. The number of carbonyl (C=O) groups is 1. The average molecular weight is 431 g/mol. The van der Waals surface area contributed by atoms with Gasteiger partial charge in [0.25, 0.3) is 5.91 Å². The second-order valence-electron chi connectivity index (χ2n) is 7.80. The maximum Gasteiger partial charge on any atom is 0.251 e. The molecule has 4 rings (SSSR count). The lowest BCUT2D eigenvalue weighted by Crippen LogP contribution is -2.46. The van der Waals surface area contributed by atoms with Crippen LogP contribution in [-0.2, 0) is 0 Å². The first kappa shape index (κ1) is 21.6. The van der Waals surface area contributed by atoms with Gasteiger partial charge in [0.15, 0.2) is 0 Å². The van der Waals surface area contributed by atoms with Crippen LogP contribution in [0.2, 0.25) is 0 Å². The highest BCUT2D eigenvalue weighted by Gasteiger charge is 2.15. The summed E-state index contributed by atoms with van der Waals surface area (Å²) in [6, 6.07) is 19.8. The van der Waals surface area contributed by atoms with Gasteiger partial charge in [-0.25, -0.2) is 4.98 Å². The molecule has 1 amide bonds. The van der Waals surface area contributed by atoms with Crippen molar-refractivity contribution in [3.63, 3.8) is 0 Å². The molecule has 7 nitrogen and oxygen atoms in total. The summed E-state index contributed by atoms with van der Waals surface area (Å²) in [6.07, 6.45) is 1.77. The molecule has 1 saturated heterocycles. The quantitative estimate of drug-likeness (QED) is 0.525. The summed E-state index contributed by atoms with van der Waals surface area (Å²) in [5, 5.41) is 9.36. The molecule has 0 bridgehead atoms. The zero-order valence-electron chi connectivity index (χ0n) is 18.6. The summed E-state index contributed by atoms with van der Waals surface area (Å²) in [5.74, 6) is 0.669. The number of pyridine rings is 1. The van der Waals surface area contributed by atoms with E-state index in [0.717, 1.165) is 55.6 Å². The number of likely N-dealkylation sites (N-methyl/N-ethyl adjacent to an activating group) is 1. The van der Waals surface area contributed by atoms with Crippen LogP contribution < -0.4 is 20.9 Å². The van der Waals surface area contributed by atoms with E-state index in [-0.39, 0.29) is 5.91 Å². The molecule has 1 aliphatic rings. The molecular weight excluding hydrogens is 400 g/mol. The SMILES string of the molecule is CCN1CCN(c2ccc(Nc3cc(Nc4ccc(C(=O)NC)cc4)ccn3)cc2)CC1. The van der Waals surface area contributed by atoms with Gasteiger partial charge in [0.05, 0.1) is 0 Å².